The van der Waals surface area contributed by atoms with Gasteiger partial charge in [0.1, 0.15) is 18.4 Å². The first kappa shape index (κ1) is 40.5. The van der Waals surface area contributed by atoms with Crippen LogP contribution in [0.4, 0.5) is 0 Å². The molecule has 3 aromatic rings. The molecule has 2 aliphatic rings. The van der Waals surface area contributed by atoms with Crippen molar-refractivity contribution in [1.82, 2.24) is 15.1 Å². The van der Waals surface area contributed by atoms with Gasteiger partial charge in [-0.15, -0.1) is 0 Å². The molecule has 3 atom stereocenters. The molecule has 0 spiro atoms. The second-order valence-corrected chi connectivity index (χ2v) is 13.6. The van der Waals surface area contributed by atoms with E-state index in [9.17, 15) is 9.59 Å². The van der Waals surface area contributed by atoms with Crippen molar-refractivity contribution in [3.63, 3.8) is 0 Å². The number of amides is 2. The summed E-state index contributed by atoms with van der Waals surface area (Å²) in [4.78, 5) is 32.8. The molecule has 1 N–H and O–H groups in total. The first-order valence-electron chi connectivity index (χ1n) is 19.0. The van der Waals surface area contributed by atoms with E-state index in [0.29, 0.717) is 67.6 Å². The molecule has 0 aromatic heterocycles. The number of nitrogens with zero attached hydrogens (tertiary/aromatic N) is 2. The summed E-state index contributed by atoms with van der Waals surface area (Å²) in [7, 11) is 7.91. The highest BCUT2D eigenvalue weighted by molar-refractivity contribution is 5.91. The van der Waals surface area contributed by atoms with E-state index in [1.807, 2.05) is 61.5 Å². The Labute approximate surface area is 319 Å². The molecule has 54 heavy (non-hydrogen) atoms. The molecule has 12 nitrogen and oxygen atoms in total. The van der Waals surface area contributed by atoms with Gasteiger partial charge in [0.05, 0.1) is 60.7 Å². The van der Waals surface area contributed by atoms with Crippen molar-refractivity contribution < 1.29 is 42.7 Å². The van der Waals surface area contributed by atoms with E-state index in [-0.39, 0.29) is 17.9 Å². The highest BCUT2D eigenvalue weighted by Crippen LogP contribution is 2.41. The SMILES string of the molecule is CC[C@H](C(=O)N1CCCC[C@H]1C(=O)N[C@H](CCc1ccc(OC)c(OC)c1)c1ccc(OCCN2CCOCC2)cc1)c1cc(OC)c(OC)c(OC)c1. The monoisotopic (exact) mass is 747 g/mol. The van der Waals surface area contributed by atoms with E-state index in [1.165, 1.54) is 0 Å². The number of hydrogen-bond acceptors (Lipinski definition) is 10. The van der Waals surface area contributed by atoms with Gasteiger partial charge in [-0.05, 0) is 91.6 Å². The average molecular weight is 748 g/mol. The number of methoxy groups -OCH3 is 5. The number of benzene rings is 3. The Balaban J connectivity index is 1.34. The van der Waals surface area contributed by atoms with Crippen LogP contribution in [0, 0.1) is 0 Å². The fourth-order valence-electron chi connectivity index (χ4n) is 7.37. The maximum Gasteiger partial charge on any atom is 0.243 e. The minimum Gasteiger partial charge on any atom is -0.493 e. The molecule has 2 heterocycles. The molecular weight excluding hydrogens is 690 g/mol. The number of rotatable bonds is 18. The van der Waals surface area contributed by atoms with Gasteiger partial charge in [-0.1, -0.05) is 25.1 Å². The van der Waals surface area contributed by atoms with Crippen LogP contribution in [-0.2, 0) is 20.7 Å². The van der Waals surface area contributed by atoms with E-state index in [2.05, 4.69) is 10.2 Å². The minimum absolute atomic E-state index is 0.0907. The fourth-order valence-corrected chi connectivity index (χ4v) is 7.37. The number of morpholine rings is 1. The van der Waals surface area contributed by atoms with Crippen molar-refractivity contribution in [3.8, 4) is 34.5 Å². The zero-order valence-electron chi connectivity index (χ0n) is 32.7. The summed E-state index contributed by atoms with van der Waals surface area (Å²) in [6.45, 7) is 7.24. The van der Waals surface area contributed by atoms with Crippen molar-refractivity contribution in [1.29, 1.82) is 0 Å². The summed E-state index contributed by atoms with van der Waals surface area (Å²) < 4.78 is 39.2. The maximum absolute atomic E-state index is 14.4. The first-order valence-corrected chi connectivity index (χ1v) is 19.0. The number of hydrogen-bond donors (Lipinski definition) is 1. The van der Waals surface area contributed by atoms with Gasteiger partial charge in [0.2, 0.25) is 17.6 Å². The number of carbonyl (C=O) groups excluding carboxylic acids is 2. The lowest BCUT2D eigenvalue weighted by Crippen LogP contribution is -2.53. The van der Waals surface area contributed by atoms with Gasteiger partial charge >= 0.3 is 0 Å². The van der Waals surface area contributed by atoms with Gasteiger partial charge in [0.15, 0.2) is 23.0 Å². The van der Waals surface area contributed by atoms with Crippen LogP contribution < -0.4 is 33.7 Å². The van der Waals surface area contributed by atoms with Gasteiger partial charge in [-0.25, -0.2) is 0 Å². The lowest BCUT2D eigenvalue weighted by Gasteiger charge is -2.38. The van der Waals surface area contributed by atoms with Gasteiger partial charge in [-0.3, -0.25) is 14.5 Å². The van der Waals surface area contributed by atoms with E-state index in [4.69, 9.17) is 33.2 Å². The minimum atomic E-state index is -0.603. The van der Waals surface area contributed by atoms with Crippen LogP contribution in [0.2, 0.25) is 0 Å². The van der Waals surface area contributed by atoms with E-state index >= 15 is 0 Å². The van der Waals surface area contributed by atoms with Gasteiger partial charge < -0.3 is 43.4 Å². The molecule has 0 saturated carbocycles. The quantitative estimate of drug-likeness (QED) is 0.171. The zero-order valence-corrected chi connectivity index (χ0v) is 32.7. The van der Waals surface area contributed by atoms with Crippen LogP contribution in [0.15, 0.2) is 54.6 Å². The van der Waals surface area contributed by atoms with Gasteiger partial charge in [0.25, 0.3) is 0 Å². The summed E-state index contributed by atoms with van der Waals surface area (Å²) in [5.41, 5.74) is 2.77. The van der Waals surface area contributed by atoms with Crippen molar-refractivity contribution in [3.05, 3.63) is 71.3 Å². The number of likely N-dealkylation sites (tertiary alicyclic amines) is 1. The first-order chi connectivity index (χ1) is 26.3. The second kappa shape index (κ2) is 20.1. The molecule has 2 fully saturated rings. The zero-order chi connectivity index (χ0) is 38.5. The Morgan fingerprint density at radius 1 is 0.796 bits per heavy atom. The predicted octanol–water partition coefficient (Wildman–Crippen LogP) is 5.81. The van der Waals surface area contributed by atoms with Crippen LogP contribution in [0.5, 0.6) is 34.5 Å². The third kappa shape index (κ3) is 10.1. The van der Waals surface area contributed by atoms with Crippen LogP contribution in [0.25, 0.3) is 0 Å². The molecule has 12 heteroatoms. The lowest BCUT2D eigenvalue weighted by atomic mass is 9.91. The van der Waals surface area contributed by atoms with E-state index < -0.39 is 12.0 Å². The topological polar surface area (TPSA) is 117 Å². The van der Waals surface area contributed by atoms with Crippen LogP contribution in [-0.4, -0.2) is 109 Å². The van der Waals surface area contributed by atoms with Crippen molar-refractivity contribution >= 4 is 11.8 Å². The number of ether oxygens (including phenoxy) is 7. The van der Waals surface area contributed by atoms with E-state index in [1.54, 1.807) is 40.4 Å². The van der Waals surface area contributed by atoms with Crippen molar-refractivity contribution in [2.75, 3.05) is 81.5 Å². The third-order valence-corrected chi connectivity index (χ3v) is 10.4. The van der Waals surface area contributed by atoms with Crippen LogP contribution in [0.1, 0.15) is 67.7 Å². The molecule has 0 unspecified atom stereocenters. The normalized spacial score (nSPS) is 17.2. The van der Waals surface area contributed by atoms with E-state index in [0.717, 1.165) is 68.1 Å². The van der Waals surface area contributed by atoms with Gasteiger partial charge in [-0.2, -0.15) is 0 Å². The summed E-state index contributed by atoms with van der Waals surface area (Å²) in [6.07, 6.45) is 4.11. The number of carbonyl (C=O) groups is 2. The Morgan fingerprint density at radius 3 is 2.11 bits per heavy atom. The summed E-state index contributed by atoms with van der Waals surface area (Å²) >= 11 is 0. The fraction of sp³-hybridized carbons (Fsp3) is 0.524. The predicted molar refractivity (Wildman–Crippen MR) is 206 cm³/mol. The summed E-state index contributed by atoms with van der Waals surface area (Å²) in [5, 5.41) is 3.36. The van der Waals surface area contributed by atoms with Crippen molar-refractivity contribution in [2.45, 2.75) is 63.5 Å². The molecule has 0 radical (unpaired) electrons. The smallest absolute Gasteiger partial charge is 0.243 e. The summed E-state index contributed by atoms with van der Waals surface area (Å²) in [5.74, 6) is 2.78. The van der Waals surface area contributed by atoms with Crippen LogP contribution >= 0.6 is 0 Å². The second-order valence-electron chi connectivity index (χ2n) is 13.6. The summed E-state index contributed by atoms with van der Waals surface area (Å²) in [6, 6.07) is 16.6. The Hall–Kier alpha value is -4.68. The lowest BCUT2D eigenvalue weighted by molar-refractivity contribution is -0.143. The Bertz CT molecular complexity index is 1640. The highest BCUT2D eigenvalue weighted by atomic mass is 16.5. The standard InChI is InChI=1S/C42H57N3O9/c1-7-33(31-27-38(50-4)40(52-6)39(28-31)51-5)42(47)45-19-9-8-10-35(45)41(46)43-34(17-11-29-12-18-36(48-2)37(26-29)49-3)30-13-15-32(16-14-30)54-25-22-44-20-23-53-24-21-44/h12-16,18,26-28,33-35H,7-11,17,19-25H2,1-6H3,(H,43,46)/t33-,34+,35-/m0/s1. The molecule has 5 rings (SSSR count). The van der Waals surface area contributed by atoms with Gasteiger partial charge in [0, 0.05) is 26.2 Å². The molecule has 0 aliphatic carbocycles. The Morgan fingerprint density at radius 2 is 1.48 bits per heavy atom. The van der Waals surface area contributed by atoms with Crippen molar-refractivity contribution in [2.24, 2.45) is 0 Å². The molecule has 2 aliphatic heterocycles. The molecule has 2 amide bonds. The average Bonchev–Trinajstić information content (AvgIpc) is 3.22. The molecule has 3 aromatic carbocycles. The highest BCUT2D eigenvalue weighted by Gasteiger charge is 2.37. The number of aryl methyl sites for hydroxylation is 1. The molecule has 2 saturated heterocycles. The molecule has 294 valence electrons. The molecular formula is C42H57N3O9. The third-order valence-electron chi connectivity index (χ3n) is 10.4. The van der Waals surface area contributed by atoms with Crippen LogP contribution in [0.3, 0.4) is 0 Å². The molecule has 0 bridgehead atoms. The Kier molecular flexibility index (Phi) is 15.1. The largest absolute Gasteiger partial charge is 0.493 e. The maximum atomic E-state index is 14.4. The number of piperidine rings is 1. The number of nitrogens with one attached hydrogen (secondary N) is 1.